The maximum atomic E-state index is 11.8. The molecule has 0 aliphatic rings. The molecule has 0 aromatic heterocycles. The van der Waals surface area contributed by atoms with Gasteiger partial charge in [-0.15, -0.1) is 0 Å². The molecule has 102 valence electrons. The van der Waals surface area contributed by atoms with Gasteiger partial charge in [0.05, 0.1) is 13.2 Å². The monoisotopic (exact) mass is 262 g/mol. The quantitative estimate of drug-likeness (QED) is 0.728. The number of benzene rings is 1. The highest BCUT2D eigenvalue weighted by Crippen LogP contribution is 2.17. The van der Waals surface area contributed by atoms with Crippen LogP contribution in [0.25, 0.3) is 0 Å². The molecule has 0 bridgehead atoms. The third kappa shape index (κ3) is 6.49. The zero-order valence-corrected chi connectivity index (χ0v) is 10.5. The normalized spacial score (nSPS) is 11.6. The summed E-state index contributed by atoms with van der Waals surface area (Å²) in [5, 5.41) is 0. The molecule has 0 spiro atoms. The molecule has 0 amide bonds. The Morgan fingerprint density at radius 1 is 1.00 bits per heavy atom. The second kappa shape index (κ2) is 6.64. The van der Waals surface area contributed by atoms with Gasteiger partial charge in [0.15, 0.2) is 0 Å². The molecule has 5 heteroatoms. The van der Waals surface area contributed by atoms with Crippen LogP contribution in [0.2, 0.25) is 0 Å². The number of rotatable bonds is 6. The smallest absolute Gasteiger partial charge is 0.411 e. The van der Waals surface area contributed by atoms with Crippen LogP contribution in [0, 0.1) is 13.8 Å². The van der Waals surface area contributed by atoms with Gasteiger partial charge in [-0.2, -0.15) is 13.2 Å². The summed E-state index contributed by atoms with van der Waals surface area (Å²) in [6.45, 7) is 3.13. The van der Waals surface area contributed by atoms with Gasteiger partial charge in [0.1, 0.15) is 12.4 Å². The molecule has 2 nitrogen and oxygen atoms in total. The van der Waals surface area contributed by atoms with Gasteiger partial charge in [0, 0.05) is 6.42 Å². The van der Waals surface area contributed by atoms with Crippen molar-refractivity contribution in [3.8, 4) is 5.75 Å². The maximum absolute atomic E-state index is 11.8. The van der Waals surface area contributed by atoms with E-state index in [4.69, 9.17) is 4.74 Å². The van der Waals surface area contributed by atoms with Gasteiger partial charge in [-0.25, -0.2) is 0 Å². The number of ether oxygens (including phenoxy) is 2. The first kappa shape index (κ1) is 14.8. The lowest BCUT2D eigenvalue weighted by Crippen LogP contribution is -2.18. The predicted molar refractivity (Wildman–Crippen MR) is 62.9 cm³/mol. The van der Waals surface area contributed by atoms with Crippen LogP contribution in [0.15, 0.2) is 18.2 Å². The fraction of sp³-hybridized carbons (Fsp3) is 0.538. The Hall–Kier alpha value is -1.23. The minimum absolute atomic E-state index is 0.0459. The van der Waals surface area contributed by atoms with Crippen LogP contribution in [0.3, 0.4) is 0 Å². The third-order valence-corrected chi connectivity index (χ3v) is 2.16. The minimum Gasteiger partial charge on any atom is -0.493 e. The third-order valence-electron chi connectivity index (χ3n) is 2.16. The summed E-state index contributed by atoms with van der Waals surface area (Å²) >= 11 is 0. The van der Waals surface area contributed by atoms with Crippen LogP contribution in [0.1, 0.15) is 17.5 Å². The molecule has 18 heavy (non-hydrogen) atoms. The van der Waals surface area contributed by atoms with Crippen molar-refractivity contribution in [3.05, 3.63) is 29.3 Å². The average molecular weight is 262 g/mol. The summed E-state index contributed by atoms with van der Waals surface area (Å²) in [4.78, 5) is 0. The van der Waals surface area contributed by atoms with Gasteiger partial charge in [0.2, 0.25) is 0 Å². The molecule has 0 fully saturated rings. The van der Waals surface area contributed by atoms with Gasteiger partial charge in [0.25, 0.3) is 0 Å². The van der Waals surface area contributed by atoms with E-state index in [0.717, 1.165) is 16.9 Å². The molecule has 0 radical (unpaired) electrons. The van der Waals surface area contributed by atoms with E-state index in [2.05, 4.69) is 4.74 Å². The van der Waals surface area contributed by atoms with Gasteiger partial charge < -0.3 is 9.47 Å². The second-order valence-electron chi connectivity index (χ2n) is 4.19. The van der Waals surface area contributed by atoms with Crippen LogP contribution in [-0.4, -0.2) is 26.0 Å². The van der Waals surface area contributed by atoms with E-state index in [9.17, 15) is 13.2 Å². The highest BCUT2D eigenvalue weighted by molar-refractivity contribution is 5.32. The number of hydrogen-bond acceptors (Lipinski definition) is 2. The van der Waals surface area contributed by atoms with Gasteiger partial charge in [-0.1, -0.05) is 6.07 Å². The molecule has 0 aliphatic heterocycles. The molecule has 0 aliphatic carbocycles. The topological polar surface area (TPSA) is 18.5 Å². The van der Waals surface area contributed by atoms with E-state index in [-0.39, 0.29) is 6.61 Å². The summed E-state index contributed by atoms with van der Waals surface area (Å²) in [6, 6.07) is 5.81. The van der Waals surface area contributed by atoms with Crippen molar-refractivity contribution < 1.29 is 22.6 Å². The molecule has 1 aromatic carbocycles. The van der Waals surface area contributed by atoms with Crippen molar-refractivity contribution in [3.63, 3.8) is 0 Å². The SMILES string of the molecule is Cc1cc(C)cc(OCCCOCC(F)(F)F)c1. The van der Waals surface area contributed by atoms with Crippen molar-refractivity contribution in [2.45, 2.75) is 26.4 Å². The van der Waals surface area contributed by atoms with Crippen molar-refractivity contribution in [2.24, 2.45) is 0 Å². The van der Waals surface area contributed by atoms with Crippen LogP contribution < -0.4 is 4.74 Å². The lowest BCUT2D eigenvalue weighted by Gasteiger charge is -2.09. The fourth-order valence-electron chi connectivity index (χ4n) is 1.56. The molecule has 0 N–H and O–H groups in total. The first-order valence-corrected chi connectivity index (χ1v) is 5.72. The molecular weight excluding hydrogens is 245 g/mol. The van der Waals surface area contributed by atoms with E-state index in [1.165, 1.54) is 0 Å². The minimum atomic E-state index is -4.26. The number of hydrogen-bond donors (Lipinski definition) is 0. The Labute approximate surface area is 105 Å². The van der Waals surface area contributed by atoms with Crippen LogP contribution in [0.5, 0.6) is 5.75 Å². The summed E-state index contributed by atoms with van der Waals surface area (Å²) in [7, 11) is 0. The lowest BCUT2D eigenvalue weighted by atomic mass is 10.1. The first-order valence-electron chi connectivity index (χ1n) is 5.72. The summed E-state index contributed by atoms with van der Waals surface area (Å²) in [6.07, 6.45) is -3.82. The fourth-order valence-corrected chi connectivity index (χ4v) is 1.56. The molecule has 0 unspecified atom stereocenters. The van der Waals surface area contributed by atoms with E-state index < -0.39 is 12.8 Å². The first-order chi connectivity index (χ1) is 8.37. The molecule has 0 saturated heterocycles. The standard InChI is InChI=1S/C13H17F3O2/c1-10-6-11(2)8-12(7-10)18-5-3-4-17-9-13(14,15)16/h6-8H,3-5,9H2,1-2H3. The Kier molecular flexibility index (Phi) is 5.47. The maximum Gasteiger partial charge on any atom is 0.411 e. The highest BCUT2D eigenvalue weighted by atomic mass is 19.4. The van der Waals surface area contributed by atoms with Crippen LogP contribution in [0.4, 0.5) is 13.2 Å². The summed E-state index contributed by atoms with van der Waals surface area (Å²) in [5.74, 6) is 0.739. The van der Waals surface area contributed by atoms with E-state index in [1.807, 2.05) is 32.0 Å². The number of alkyl halides is 3. The largest absolute Gasteiger partial charge is 0.493 e. The van der Waals surface area contributed by atoms with Gasteiger partial charge in [-0.05, 0) is 37.1 Å². The Morgan fingerprint density at radius 2 is 1.61 bits per heavy atom. The molecular formula is C13H17F3O2. The number of halogens is 3. The zero-order chi connectivity index (χ0) is 13.6. The van der Waals surface area contributed by atoms with Crippen molar-refractivity contribution in [1.29, 1.82) is 0 Å². The van der Waals surface area contributed by atoms with Crippen LogP contribution in [-0.2, 0) is 4.74 Å². The Morgan fingerprint density at radius 3 is 2.17 bits per heavy atom. The predicted octanol–water partition coefficient (Wildman–Crippen LogP) is 3.65. The van der Waals surface area contributed by atoms with E-state index in [0.29, 0.717) is 13.0 Å². The average Bonchev–Trinajstić information content (AvgIpc) is 2.20. The second-order valence-corrected chi connectivity index (χ2v) is 4.19. The van der Waals surface area contributed by atoms with Crippen LogP contribution >= 0.6 is 0 Å². The molecule has 0 saturated carbocycles. The van der Waals surface area contributed by atoms with E-state index in [1.54, 1.807) is 0 Å². The Bertz CT molecular complexity index is 355. The number of aryl methyl sites for hydroxylation is 2. The Balaban J connectivity index is 2.18. The zero-order valence-electron chi connectivity index (χ0n) is 10.5. The lowest BCUT2D eigenvalue weighted by molar-refractivity contribution is -0.174. The van der Waals surface area contributed by atoms with Crippen molar-refractivity contribution >= 4 is 0 Å². The van der Waals surface area contributed by atoms with Gasteiger partial charge in [-0.3, -0.25) is 0 Å². The summed E-state index contributed by atoms with van der Waals surface area (Å²) < 4.78 is 45.2. The highest BCUT2D eigenvalue weighted by Gasteiger charge is 2.27. The molecule has 0 atom stereocenters. The molecule has 1 aromatic rings. The molecule has 1 rings (SSSR count). The van der Waals surface area contributed by atoms with Crippen molar-refractivity contribution in [1.82, 2.24) is 0 Å². The molecule has 0 heterocycles. The summed E-state index contributed by atoms with van der Waals surface area (Å²) in [5.41, 5.74) is 2.19. The van der Waals surface area contributed by atoms with Crippen molar-refractivity contribution in [2.75, 3.05) is 19.8 Å². The van der Waals surface area contributed by atoms with Gasteiger partial charge >= 0.3 is 6.18 Å². The van der Waals surface area contributed by atoms with E-state index >= 15 is 0 Å².